The summed E-state index contributed by atoms with van der Waals surface area (Å²) >= 11 is 0. The molecule has 1 fully saturated rings. The van der Waals surface area contributed by atoms with Crippen molar-refractivity contribution in [1.29, 1.82) is 0 Å². The van der Waals surface area contributed by atoms with Crippen LogP contribution in [-0.2, 0) is 11.2 Å². The Balaban J connectivity index is 1.70. The van der Waals surface area contributed by atoms with Gasteiger partial charge in [-0.25, -0.2) is 9.97 Å². The number of rotatable bonds is 8. The van der Waals surface area contributed by atoms with Crippen molar-refractivity contribution in [2.75, 3.05) is 31.1 Å². The van der Waals surface area contributed by atoms with Gasteiger partial charge in [0.2, 0.25) is 5.91 Å². The smallest absolute Gasteiger partial charge is 0.222 e. The van der Waals surface area contributed by atoms with E-state index in [4.69, 9.17) is 4.98 Å². The van der Waals surface area contributed by atoms with Crippen LogP contribution < -0.4 is 4.90 Å². The minimum Gasteiger partial charge on any atom is -0.354 e. The van der Waals surface area contributed by atoms with E-state index in [1.165, 1.54) is 24.0 Å². The quantitative estimate of drug-likeness (QED) is 0.595. The molecule has 0 radical (unpaired) electrons. The maximum Gasteiger partial charge on any atom is 0.222 e. The molecule has 0 atom stereocenters. The van der Waals surface area contributed by atoms with Gasteiger partial charge in [0.15, 0.2) is 0 Å². The van der Waals surface area contributed by atoms with Gasteiger partial charge >= 0.3 is 0 Å². The van der Waals surface area contributed by atoms with E-state index in [0.29, 0.717) is 12.3 Å². The molecule has 30 heavy (non-hydrogen) atoms. The van der Waals surface area contributed by atoms with Crippen molar-refractivity contribution in [3.63, 3.8) is 0 Å². The normalized spacial score (nSPS) is 14.6. The lowest BCUT2D eigenvalue weighted by Gasteiger charge is -2.26. The van der Waals surface area contributed by atoms with Crippen molar-refractivity contribution in [3.8, 4) is 0 Å². The van der Waals surface area contributed by atoms with E-state index < -0.39 is 0 Å². The molecule has 1 aromatic heterocycles. The zero-order valence-corrected chi connectivity index (χ0v) is 18.9. The predicted molar refractivity (Wildman–Crippen MR) is 123 cm³/mol. The van der Waals surface area contributed by atoms with Crippen LogP contribution in [0.1, 0.15) is 68.1 Å². The Bertz CT molecular complexity index is 821. The Morgan fingerprint density at radius 3 is 2.53 bits per heavy atom. The highest BCUT2D eigenvalue weighted by Crippen LogP contribution is 2.25. The highest BCUT2D eigenvalue weighted by atomic mass is 16.2. The van der Waals surface area contributed by atoms with Gasteiger partial charge in [-0.2, -0.15) is 0 Å². The van der Waals surface area contributed by atoms with Gasteiger partial charge in [-0.15, -0.1) is 0 Å². The van der Waals surface area contributed by atoms with Crippen molar-refractivity contribution < 1.29 is 4.79 Å². The van der Waals surface area contributed by atoms with E-state index in [2.05, 4.69) is 52.9 Å². The van der Waals surface area contributed by atoms with Crippen LogP contribution in [0.5, 0.6) is 0 Å². The molecule has 0 bridgehead atoms. The van der Waals surface area contributed by atoms with Crippen LogP contribution in [0.4, 0.5) is 5.82 Å². The van der Waals surface area contributed by atoms with Crippen LogP contribution >= 0.6 is 0 Å². The first-order valence-corrected chi connectivity index (χ1v) is 11.5. The summed E-state index contributed by atoms with van der Waals surface area (Å²) in [7, 11) is 0. The van der Waals surface area contributed by atoms with E-state index >= 15 is 0 Å². The Morgan fingerprint density at radius 2 is 1.77 bits per heavy atom. The molecule has 0 saturated carbocycles. The number of hydrogen-bond donors (Lipinski definition) is 0. The molecule has 162 valence electrons. The molecule has 0 aliphatic carbocycles. The van der Waals surface area contributed by atoms with Crippen LogP contribution in [0.15, 0.2) is 30.3 Å². The lowest BCUT2D eigenvalue weighted by atomic mass is 10.0. The minimum atomic E-state index is 0.313. The number of carbonyl (C=O) groups is 1. The molecule has 5 heteroatoms. The Kier molecular flexibility index (Phi) is 8.23. The molecule has 1 aliphatic heterocycles. The second-order valence-corrected chi connectivity index (χ2v) is 8.35. The summed E-state index contributed by atoms with van der Waals surface area (Å²) in [6.07, 6.45) is 7.09. The molecule has 1 saturated heterocycles. The molecule has 1 aliphatic rings. The summed E-state index contributed by atoms with van der Waals surface area (Å²) in [5.74, 6) is 2.17. The van der Waals surface area contributed by atoms with E-state index in [9.17, 15) is 4.79 Å². The Labute approximate surface area is 181 Å². The number of nitrogens with zero attached hydrogens (tertiary/aromatic N) is 4. The second-order valence-electron chi connectivity index (χ2n) is 8.35. The fraction of sp³-hybridized carbons (Fsp3) is 0.560. The fourth-order valence-electron chi connectivity index (χ4n) is 4.23. The van der Waals surface area contributed by atoms with E-state index in [1.54, 1.807) is 0 Å². The molecule has 0 spiro atoms. The molecule has 0 unspecified atom stereocenters. The predicted octanol–water partition coefficient (Wildman–Crippen LogP) is 4.69. The highest BCUT2D eigenvalue weighted by Gasteiger charge is 2.22. The molecule has 1 amide bonds. The van der Waals surface area contributed by atoms with Gasteiger partial charge in [-0.05, 0) is 32.3 Å². The zero-order valence-electron chi connectivity index (χ0n) is 18.9. The summed E-state index contributed by atoms with van der Waals surface area (Å²) in [6.45, 7) is 9.64. The summed E-state index contributed by atoms with van der Waals surface area (Å²) in [5, 5.41) is 0. The van der Waals surface area contributed by atoms with Crippen LogP contribution in [0.25, 0.3) is 0 Å². The highest BCUT2D eigenvalue weighted by molar-refractivity contribution is 5.76. The lowest BCUT2D eigenvalue weighted by Crippen LogP contribution is -2.35. The standard InChI is InChI=1S/C25H36N4O/c1-4-5-6-10-14-24(30)28-15-11-16-29(18-17-28)25-23(20(2)26-21(3)27-25)19-22-12-8-7-9-13-22/h7-9,12-13H,4-6,10-11,14-19H2,1-3H3. The molecular weight excluding hydrogens is 372 g/mol. The number of hydrogen-bond acceptors (Lipinski definition) is 4. The molecular formula is C25H36N4O. The molecule has 2 heterocycles. The van der Waals surface area contributed by atoms with Crippen LogP contribution in [0, 0.1) is 13.8 Å². The third-order valence-electron chi connectivity index (χ3n) is 5.92. The van der Waals surface area contributed by atoms with E-state index in [-0.39, 0.29) is 0 Å². The van der Waals surface area contributed by atoms with Crippen molar-refractivity contribution in [3.05, 3.63) is 53.0 Å². The third-order valence-corrected chi connectivity index (χ3v) is 5.92. The SMILES string of the molecule is CCCCCCC(=O)N1CCCN(c2nc(C)nc(C)c2Cc2ccccc2)CC1. The fourth-order valence-corrected chi connectivity index (χ4v) is 4.23. The first-order valence-electron chi connectivity index (χ1n) is 11.5. The molecule has 0 N–H and O–H groups in total. The van der Waals surface area contributed by atoms with Gasteiger partial charge in [0.05, 0.1) is 0 Å². The zero-order chi connectivity index (χ0) is 21.3. The monoisotopic (exact) mass is 408 g/mol. The lowest BCUT2D eigenvalue weighted by molar-refractivity contribution is -0.131. The van der Waals surface area contributed by atoms with Crippen molar-refractivity contribution >= 4 is 11.7 Å². The van der Waals surface area contributed by atoms with E-state index in [1.807, 2.05) is 13.0 Å². The summed E-state index contributed by atoms with van der Waals surface area (Å²) in [5.41, 5.74) is 3.52. The maximum atomic E-state index is 12.7. The first-order chi connectivity index (χ1) is 14.6. The van der Waals surface area contributed by atoms with E-state index in [0.717, 1.165) is 69.2 Å². The summed E-state index contributed by atoms with van der Waals surface area (Å²) < 4.78 is 0. The van der Waals surface area contributed by atoms with Crippen LogP contribution in [-0.4, -0.2) is 47.0 Å². The van der Waals surface area contributed by atoms with Crippen LogP contribution in [0.3, 0.4) is 0 Å². The van der Waals surface area contributed by atoms with Gasteiger partial charge in [0.1, 0.15) is 11.6 Å². The van der Waals surface area contributed by atoms with Gasteiger partial charge in [-0.3, -0.25) is 4.79 Å². The number of anilines is 1. The summed E-state index contributed by atoms with van der Waals surface area (Å²) in [4.78, 5) is 26.6. The number of carbonyl (C=O) groups excluding carboxylic acids is 1. The van der Waals surface area contributed by atoms with Crippen molar-refractivity contribution in [2.24, 2.45) is 0 Å². The molecule has 3 rings (SSSR count). The number of unbranched alkanes of at least 4 members (excludes halogenated alkanes) is 3. The largest absolute Gasteiger partial charge is 0.354 e. The van der Waals surface area contributed by atoms with Gasteiger partial charge in [0, 0.05) is 50.3 Å². The maximum absolute atomic E-state index is 12.7. The first kappa shape index (κ1) is 22.3. The van der Waals surface area contributed by atoms with Crippen molar-refractivity contribution in [1.82, 2.24) is 14.9 Å². The molecule has 1 aromatic carbocycles. The number of amides is 1. The topological polar surface area (TPSA) is 49.3 Å². The van der Waals surface area contributed by atoms with Gasteiger partial charge in [-0.1, -0.05) is 56.5 Å². The van der Waals surface area contributed by atoms with Crippen LogP contribution in [0.2, 0.25) is 0 Å². The second kappa shape index (κ2) is 11.1. The minimum absolute atomic E-state index is 0.313. The summed E-state index contributed by atoms with van der Waals surface area (Å²) in [6, 6.07) is 10.5. The van der Waals surface area contributed by atoms with Gasteiger partial charge < -0.3 is 9.80 Å². The average molecular weight is 409 g/mol. The van der Waals surface area contributed by atoms with Crippen molar-refractivity contribution in [2.45, 2.75) is 65.7 Å². The van der Waals surface area contributed by atoms with Gasteiger partial charge in [0.25, 0.3) is 0 Å². The number of benzene rings is 1. The average Bonchev–Trinajstić information content (AvgIpc) is 3.00. The number of aryl methyl sites for hydroxylation is 2. The Morgan fingerprint density at radius 1 is 0.967 bits per heavy atom. The Hall–Kier alpha value is -2.43. The third kappa shape index (κ3) is 6.04. The number of aromatic nitrogens is 2. The molecule has 2 aromatic rings. The molecule has 5 nitrogen and oxygen atoms in total.